The predicted molar refractivity (Wildman–Crippen MR) is 70.9 cm³/mol. The normalized spacial score (nSPS) is 10.0. The van der Waals surface area contributed by atoms with Crippen molar-refractivity contribution in [1.82, 2.24) is 4.98 Å². The molecule has 5 nitrogen and oxygen atoms in total. The van der Waals surface area contributed by atoms with Gasteiger partial charge in [-0.15, -0.1) is 0 Å². The van der Waals surface area contributed by atoms with Gasteiger partial charge in [0.15, 0.2) is 0 Å². The lowest BCUT2D eigenvalue weighted by Gasteiger charge is -2.04. The maximum absolute atomic E-state index is 10.5. The molecule has 1 aromatic heterocycles. The van der Waals surface area contributed by atoms with Crippen molar-refractivity contribution in [2.24, 2.45) is 0 Å². The Balaban J connectivity index is 2.13. The molecule has 0 atom stereocenters. The lowest BCUT2D eigenvalue weighted by molar-refractivity contribution is 0.209. The van der Waals surface area contributed by atoms with Crippen molar-refractivity contribution in [2.75, 3.05) is 11.1 Å². The van der Waals surface area contributed by atoms with E-state index in [9.17, 15) is 4.79 Å². The first kappa shape index (κ1) is 12.3. The zero-order valence-electron chi connectivity index (χ0n) is 9.33. The quantitative estimate of drug-likeness (QED) is 0.739. The lowest BCUT2D eigenvalue weighted by atomic mass is 10.3. The van der Waals surface area contributed by atoms with Gasteiger partial charge in [-0.2, -0.15) is 0 Å². The van der Waals surface area contributed by atoms with Gasteiger partial charge >= 0.3 is 6.09 Å². The number of anilines is 2. The second-order valence-corrected chi connectivity index (χ2v) is 4.62. The summed E-state index contributed by atoms with van der Waals surface area (Å²) in [6.45, 7) is 0. The van der Waals surface area contributed by atoms with Crippen LogP contribution in [0.15, 0.2) is 52.4 Å². The van der Waals surface area contributed by atoms with Gasteiger partial charge in [-0.05, 0) is 36.4 Å². The predicted octanol–water partition coefficient (Wildman–Crippen LogP) is 2.90. The molecule has 0 saturated carbocycles. The minimum atomic E-state index is -1.13. The maximum Gasteiger partial charge on any atom is 0.410 e. The molecule has 0 aliphatic rings. The van der Waals surface area contributed by atoms with Gasteiger partial charge in [0.25, 0.3) is 0 Å². The molecule has 92 valence electrons. The highest BCUT2D eigenvalue weighted by Gasteiger charge is 2.02. The Morgan fingerprint density at radius 2 is 1.94 bits per heavy atom. The molecule has 18 heavy (non-hydrogen) atoms. The molecular formula is C12H11N3O2S. The van der Waals surface area contributed by atoms with Crippen molar-refractivity contribution < 1.29 is 9.90 Å². The minimum Gasteiger partial charge on any atom is -0.465 e. The van der Waals surface area contributed by atoms with Crippen LogP contribution >= 0.6 is 11.8 Å². The number of hydrogen-bond donors (Lipinski definition) is 3. The first-order valence-electron chi connectivity index (χ1n) is 5.13. The van der Waals surface area contributed by atoms with E-state index in [0.717, 1.165) is 9.79 Å². The van der Waals surface area contributed by atoms with E-state index in [0.29, 0.717) is 11.5 Å². The first-order chi connectivity index (χ1) is 8.63. The molecule has 1 heterocycles. The number of nitrogens with one attached hydrogen (secondary N) is 1. The number of aromatic nitrogens is 1. The summed E-state index contributed by atoms with van der Waals surface area (Å²) in [4.78, 5) is 16.3. The Labute approximate surface area is 108 Å². The Morgan fingerprint density at radius 3 is 2.61 bits per heavy atom. The second kappa shape index (κ2) is 5.42. The van der Waals surface area contributed by atoms with Crippen LogP contribution in [0.25, 0.3) is 0 Å². The van der Waals surface area contributed by atoms with Gasteiger partial charge in [-0.25, -0.2) is 9.78 Å². The van der Waals surface area contributed by atoms with E-state index in [-0.39, 0.29) is 0 Å². The summed E-state index contributed by atoms with van der Waals surface area (Å²) in [7, 11) is 0. The number of carbonyl (C=O) groups is 1. The Morgan fingerprint density at radius 1 is 1.22 bits per heavy atom. The van der Waals surface area contributed by atoms with Crippen LogP contribution in [0.4, 0.5) is 16.3 Å². The summed E-state index contributed by atoms with van der Waals surface area (Å²) in [5.74, 6) is 0.308. The molecule has 1 aromatic carbocycles. The number of rotatable bonds is 3. The molecule has 0 unspecified atom stereocenters. The largest absolute Gasteiger partial charge is 0.465 e. The number of nitrogens with zero attached hydrogens (tertiary/aromatic N) is 1. The topological polar surface area (TPSA) is 88.2 Å². The fourth-order valence-electron chi connectivity index (χ4n) is 1.32. The van der Waals surface area contributed by atoms with E-state index in [4.69, 9.17) is 10.8 Å². The molecule has 0 fully saturated rings. The van der Waals surface area contributed by atoms with Crippen LogP contribution in [-0.4, -0.2) is 16.2 Å². The van der Waals surface area contributed by atoms with Crippen LogP contribution in [0.5, 0.6) is 0 Å². The second-order valence-electron chi connectivity index (χ2n) is 3.48. The van der Waals surface area contributed by atoms with Crippen LogP contribution in [0, 0.1) is 0 Å². The number of nitrogens with two attached hydrogens (primary N) is 1. The third-order valence-corrected chi connectivity index (χ3v) is 3.08. The van der Waals surface area contributed by atoms with Gasteiger partial charge in [-0.3, -0.25) is 5.32 Å². The standard InChI is InChI=1S/C12H11N3O2S/c13-8-1-3-9(4-2-8)18-10-5-6-14-11(7-10)15-12(16)17/h1-7H,13H2,(H,14,15)(H,16,17). The highest BCUT2D eigenvalue weighted by atomic mass is 32.2. The number of benzene rings is 1. The van der Waals surface area contributed by atoms with Gasteiger partial charge in [0.05, 0.1) is 0 Å². The van der Waals surface area contributed by atoms with Crippen molar-refractivity contribution in [1.29, 1.82) is 0 Å². The summed E-state index contributed by atoms with van der Waals surface area (Å²) < 4.78 is 0. The fraction of sp³-hybridized carbons (Fsp3) is 0. The van der Waals surface area contributed by atoms with Gasteiger partial charge < -0.3 is 10.8 Å². The summed E-state index contributed by atoms with van der Waals surface area (Å²) in [5, 5.41) is 10.8. The molecule has 0 bridgehead atoms. The summed E-state index contributed by atoms with van der Waals surface area (Å²) in [6.07, 6.45) is 0.433. The highest BCUT2D eigenvalue weighted by molar-refractivity contribution is 7.99. The number of carboxylic acid groups (broad SMARTS) is 1. The highest BCUT2D eigenvalue weighted by Crippen LogP contribution is 2.28. The summed E-state index contributed by atoms with van der Waals surface area (Å²) >= 11 is 1.51. The first-order valence-corrected chi connectivity index (χ1v) is 5.94. The van der Waals surface area contributed by atoms with E-state index in [1.807, 2.05) is 30.3 Å². The van der Waals surface area contributed by atoms with E-state index < -0.39 is 6.09 Å². The molecule has 1 amide bonds. The van der Waals surface area contributed by atoms with E-state index in [1.54, 1.807) is 12.3 Å². The molecule has 0 radical (unpaired) electrons. The van der Waals surface area contributed by atoms with Crippen molar-refractivity contribution in [2.45, 2.75) is 9.79 Å². The number of nitrogen functional groups attached to an aromatic ring is 1. The molecular weight excluding hydrogens is 250 g/mol. The summed E-state index contributed by atoms with van der Waals surface area (Å²) in [6, 6.07) is 10.9. The molecule has 2 aromatic rings. The number of hydrogen-bond acceptors (Lipinski definition) is 4. The zero-order chi connectivity index (χ0) is 13.0. The van der Waals surface area contributed by atoms with Crippen LogP contribution in [0.3, 0.4) is 0 Å². The van der Waals surface area contributed by atoms with Gasteiger partial charge in [0.2, 0.25) is 0 Å². The van der Waals surface area contributed by atoms with Crippen LogP contribution in [-0.2, 0) is 0 Å². The van der Waals surface area contributed by atoms with Crippen molar-refractivity contribution in [3.8, 4) is 0 Å². The van der Waals surface area contributed by atoms with Gasteiger partial charge in [-0.1, -0.05) is 11.8 Å². The smallest absolute Gasteiger partial charge is 0.410 e. The number of pyridine rings is 1. The van der Waals surface area contributed by atoms with Crippen molar-refractivity contribution in [3.63, 3.8) is 0 Å². The fourth-order valence-corrected chi connectivity index (χ4v) is 2.17. The molecule has 0 spiro atoms. The van der Waals surface area contributed by atoms with Crippen molar-refractivity contribution in [3.05, 3.63) is 42.6 Å². The van der Waals surface area contributed by atoms with Crippen LogP contribution in [0.1, 0.15) is 0 Å². The van der Waals surface area contributed by atoms with E-state index in [1.165, 1.54) is 11.8 Å². The van der Waals surface area contributed by atoms with Gasteiger partial charge in [0.1, 0.15) is 5.82 Å². The maximum atomic E-state index is 10.5. The molecule has 4 N–H and O–H groups in total. The van der Waals surface area contributed by atoms with Crippen molar-refractivity contribution >= 4 is 29.4 Å². The Hall–Kier alpha value is -2.21. The third kappa shape index (κ3) is 3.39. The van der Waals surface area contributed by atoms with Crippen LogP contribution in [0.2, 0.25) is 0 Å². The Bertz CT molecular complexity index is 558. The van der Waals surface area contributed by atoms with Gasteiger partial charge in [0, 0.05) is 21.7 Å². The zero-order valence-corrected chi connectivity index (χ0v) is 10.1. The average molecular weight is 261 g/mol. The Kier molecular flexibility index (Phi) is 3.69. The monoisotopic (exact) mass is 261 g/mol. The van der Waals surface area contributed by atoms with E-state index >= 15 is 0 Å². The molecule has 0 saturated heterocycles. The number of amides is 1. The molecule has 0 aliphatic heterocycles. The third-order valence-electron chi connectivity index (χ3n) is 2.08. The average Bonchev–Trinajstić information content (AvgIpc) is 2.32. The molecule has 0 aliphatic carbocycles. The van der Waals surface area contributed by atoms with Crippen LogP contribution < -0.4 is 11.1 Å². The summed E-state index contributed by atoms with van der Waals surface area (Å²) in [5.41, 5.74) is 6.31. The SMILES string of the molecule is Nc1ccc(Sc2ccnc(NC(=O)O)c2)cc1. The molecule has 2 rings (SSSR count). The van der Waals surface area contributed by atoms with E-state index in [2.05, 4.69) is 10.3 Å². The lowest BCUT2D eigenvalue weighted by Crippen LogP contribution is -2.08. The molecule has 6 heteroatoms. The minimum absolute atomic E-state index is 0.308.